The quantitative estimate of drug-likeness (QED) is 0.720. The van der Waals surface area contributed by atoms with Gasteiger partial charge in [-0.3, -0.25) is 4.40 Å². The van der Waals surface area contributed by atoms with E-state index in [1.54, 1.807) is 24.4 Å². The van der Waals surface area contributed by atoms with Crippen LogP contribution in [0.3, 0.4) is 0 Å². The van der Waals surface area contributed by atoms with E-state index < -0.39 is 9.84 Å². The molecule has 0 amide bonds. The second-order valence-corrected chi connectivity index (χ2v) is 6.32. The van der Waals surface area contributed by atoms with Crippen molar-refractivity contribution in [3.05, 3.63) is 54.9 Å². The molecule has 0 atom stereocenters. The number of sulfone groups is 1. The first-order chi connectivity index (χ1) is 9.07. The van der Waals surface area contributed by atoms with Gasteiger partial charge in [0.1, 0.15) is 5.65 Å². The van der Waals surface area contributed by atoms with Gasteiger partial charge in [0.15, 0.2) is 9.84 Å². The van der Waals surface area contributed by atoms with E-state index in [4.69, 9.17) is 0 Å². The van der Waals surface area contributed by atoms with Crippen molar-refractivity contribution in [1.29, 1.82) is 0 Å². The van der Waals surface area contributed by atoms with Gasteiger partial charge in [-0.15, -0.1) is 0 Å². The molecule has 3 aromatic rings. The molecule has 4 nitrogen and oxygen atoms in total. The smallest absolute Gasteiger partial charge is 0.176 e. The van der Waals surface area contributed by atoms with Crippen molar-refractivity contribution < 1.29 is 8.42 Å². The van der Waals surface area contributed by atoms with Gasteiger partial charge in [-0.05, 0) is 18.2 Å². The second kappa shape index (κ2) is 4.20. The summed E-state index contributed by atoms with van der Waals surface area (Å²) in [5.74, 6) is 0. The fourth-order valence-corrected chi connectivity index (χ4v) is 3.03. The molecule has 2 heterocycles. The largest absolute Gasteiger partial charge is 0.300 e. The van der Waals surface area contributed by atoms with Crippen LogP contribution in [0, 0.1) is 0 Å². The Morgan fingerprint density at radius 2 is 1.79 bits per heavy atom. The Kier molecular flexibility index (Phi) is 2.64. The molecule has 2 aromatic heterocycles. The lowest BCUT2D eigenvalue weighted by atomic mass is 10.2. The van der Waals surface area contributed by atoms with E-state index in [1.807, 2.05) is 34.9 Å². The maximum absolute atomic E-state index is 11.9. The molecule has 0 N–H and O–H groups in total. The molecule has 0 aliphatic heterocycles. The lowest BCUT2D eigenvalue weighted by Gasteiger charge is -2.07. The Hall–Kier alpha value is -2.14. The van der Waals surface area contributed by atoms with Crippen LogP contribution >= 0.6 is 0 Å². The molecule has 3 rings (SSSR count). The average Bonchev–Trinajstić information content (AvgIpc) is 2.81. The highest BCUT2D eigenvalue weighted by molar-refractivity contribution is 7.90. The molecular weight excluding hydrogens is 260 g/mol. The van der Waals surface area contributed by atoms with Gasteiger partial charge < -0.3 is 0 Å². The Morgan fingerprint density at radius 3 is 2.58 bits per heavy atom. The van der Waals surface area contributed by atoms with E-state index in [1.165, 1.54) is 6.26 Å². The Bertz CT molecular complexity index is 851. The summed E-state index contributed by atoms with van der Waals surface area (Å²) in [5.41, 5.74) is 2.24. The number of rotatable bonds is 2. The van der Waals surface area contributed by atoms with Gasteiger partial charge in [0.05, 0.1) is 16.8 Å². The third-order valence-corrected chi connectivity index (χ3v) is 4.13. The Balaban J connectivity index is 2.34. The predicted octanol–water partition coefficient (Wildman–Crippen LogP) is 2.40. The summed E-state index contributed by atoms with van der Waals surface area (Å²) in [6.45, 7) is 0. The number of imidazole rings is 1. The SMILES string of the molecule is CS(=O)(=O)c1ccccc1-c1cnc2ccccn12. The van der Waals surface area contributed by atoms with E-state index in [-0.39, 0.29) is 0 Å². The number of hydrogen-bond donors (Lipinski definition) is 0. The number of nitrogens with zero attached hydrogens (tertiary/aromatic N) is 2. The van der Waals surface area contributed by atoms with Crippen molar-refractivity contribution in [3.63, 3.8) is 0 Å². The van der Waals surface area contributed by atoms with Crippen LogP contribution in [0.15, 0.2) is 59.8 Å². The van der Waals surface area contributed by atoms with Gasteiger partial charge in [0.2, 0.25) is 0 Å². The predicted molar refractivity (Wildman–Crippen MR) is 73.7 cm³/mol. The van der Waals surface area contributed by atoms with Crippen molar-refractivity contribution >= 4 is 15.5 Å². The minimum atomic E-state index is -3.27. The van der Waals surface area contributed by atoms with Crippen LogP contribution in [0.4, 0.5) is 0 Å². The zero-order valence-corrected chi connectivity index (χ0v) is 11.1. The maximum Gasteiger partial charge on any atom is 0.176 e. The molecule has 0 saturated heterocycles. The number of aromatic nitrogens is 2. The molecular formula is C14H12N2O2S. The van der Waals surface area contributed by atoms with Gasteiger partial charge in [0.25, 0.3) is 0 Å². The summed E-state index contributed by atoms with van der Waals surface area (Å²) in [6.07, 6.45) is 4.78. The summed E-state index contributed by atoms with van der Waals surface area (Å²) in [4.78, 5) is 4.61. The molecule has 0 spiro atoms. The van der Waals surface area contributed by atoms with Crippen molar-refractivity contribution in [1.82, 2.24) is 9.38 Å². The topological polar surface area (TPSA) is 51.4 Å². The van der Waals surface area contributed by atoms with E-state index >= 15 is 0 Å². The van der Waals surface area contributed by atoms with Gasteiger partial charge in [-0.25, -0.2) is 13.4 Å². The van der Waals surface area contributed by atoms with Crippen LogP contribution in [-0.2, 0) is 9.84 Å². The highest BCUT2D eigenvalue weighted by Crippen LogP contribution is 2.27. The molecule has 0 unspecified atom stereocenters. The summed E-state index contributed by atoms with van der Waals surface area (Å²) in [5, 5.41) is 0. The third kappa shape index (κ3) is 2.02. The first kappa shape index (κ1) is 11.9. The van der Waals surface area contributed by atoms with E-state index in [0.29, 0.717) is 10.5 Å². The zero-order chi connectivity index (χ0) is 13.5. The van der Waals surface area contributed by atoms with E-state index in [0.717, 1.165) is 11.3 Å². The van der Waals surface area contributed by atoms with Crippen molar-refractivity contribution in [3.8, 4) is 11.3 Å². The van der Waals surface area contributed by atoms with Gasteiger partial charge in [-0.1, -0.05) is 24.3 Å². The fraction of sp³-hybridized carbons (Fsp3) is 0.0714. The zero-order valence-electron chi connectivity index (χ0n) is 10.3. The Labute approximate surface area is 111 Å². The molecule has 5 heteroatoms. The fourth-order valence-electron chi connectivity index (χ4n) is 2.13. The Morgan fingerprint density at radius 1 is 1.05 bits per heavy atom. The molecule has 0 radical (unpaired) electrons. The number of fused-ring (bicyclic) bond motifs is 1. The highest BCUT2D eigenvalue weighted by Gasteiger charge is 2.16. The van der Waals surface area contributed by atoms with Crippen LogP contribution < -0.4 is 0 Å². The number of benzene rings is 1. The van der Waals surface area contributed by atoms with Crippen LogP contribution in [-0.4, -0.2) is 24.1 Å². The summed E-state index contributed by atoms with van der Waals surface area (Å²) < 4.78 is 25.6. The minimum absolute atomic E-state index is 0.320. The lowest BCUT2D eigenvalue weighted by molar-refractivity contribution is 0.602. The van der Waals surface area contributed by atoms with Gasteiger partial charge >= 0.3 is 0 Å². The van der Waals surface area contributed by atoms with Crippen molar-refractivity contribution in [2.24, 2.45) is 0 Å². The first-order valence-corrected chi connectivity index (χ1v) is 7.68. The lowest BCUT2D eigenvalue weighted by Crippen LogP contribution is -2.00. The number of pyridine rings is 1. The first-order valence-electron chi connectivity index (χ1n) is 5.79. The highest BCUT2D eigenvalue weighted by atomic mass is 32.2. The maximum atomic E-state index is 11.9. The molecule has 0 aliphatic rings. The molecule has 19 heavy (non-hydrogen) atoms. The van der Waals surface area contributed by atoms with Gasteiger partial charge in [-0.2, -0.15) is 0 Å². The standard InChI is InChI=1S/C14H12N2O2S/c1-19(17,18)13-7-3-2-6-11(13)12-10-15-14-8-4-5-9-16(12)14/h2-10H,1H3. The van der Waals surface area contributed by atoms with Crippen molar-refractivity contribution in [2.75, 3.05) is 6.26 Å². The summed E-state index contributed by atoms with van der Waals surface area (Å²) in [7, 11) is -3.27. The molecule has 0 bridgehead atoms. The summed E-state index contributed by atoms with van der Waals surface area (Å²) in [6, 6.07) is 12.6. The van der Waals surface area contributed by atoms with Gasteiger partial charge in [0, 0.05) is 18.0 Å². The number of hydrogen-bond acceptors (Lipinski definition) is 3. The van der Waals surface area contributed by atoms with Crippen molar-refractivity contribution in [2.45, 2.75) is 4.90 Å². The minimum Gasteiger partial charge on any atom is -0.300 e. The monoisotopic (exact) mass is 272 g/mol. The molecule has 0 saturated carbocycles. The molecule has 96 valence electrons. The molecule has 0 fully saturated rings. The molecule has 1 aromatic carbocycles. The normalized spacial score (nSPS) is 11.8. The van der Waals surface area contributed by atoms with Crippen LogP contribution in [0.2, 0.25) is 0 Å². The third-order valence-electron chi connectivity index (χ3n) is 2.98. The molecule has 0 aliphatic carbocycles. The average molecular weight is 272 g/mol. The van der Waals surface area contributed by atoms with Crippen LogP contribution in [0.25, 0.3) is 16.9 Å². The van der Waals surface area contributed by atoms with E-state index in [9.17, 15) is 8.42 Å². The van der Waals surface area contributed by atoms with E-state index in [2.05, 4.69) is 4.98 Å². The second-order valence-electron chi connectivity index (χ2n) is 4.34. The summed E-state index contributed by atoms with van der Waals surface area (Å²) >= 11 is 0. The van der Waals surface area contributed by atoms with Crippen LogP contribution in [0.5, 0.6) is 0 Å². The van der Waals surface area contributed by atoms with Crippen LogP contribution in [0.1, 0.15) is 0 Å².